The summed E-state index contributed by atoms with van der Waals surface area (Å²) in [7, 11) is 0. The molecule has 0 radical (unpaired) electrons. The Kier molecular flexibility index (Phi) is 20.9. The largest absolute Gasteiger partial charge is 0.463 e. The second-order valence-electron chi connectivity index (χ2n) is 30.0. The molecule has 2 aliphatic heterocycles. The Hall–Kier alpha value is -8.27. The van der Waals surface area contributed by atoms with E-state index in [9.17, 15) is 38.4 Å². The standard InChI is InChI=1S/C78H92O21/c1-45(79)88-43-55-60(90-46(2)80)62(91-47(3)81)64(92-48(4)82)71(94-55)99-72(87)78-40-38-73(5,6)42-54(78)53-32-33-58-75(9)36-35-59(74(7,8)57(75)34-37-77(58,11)76(53,10)39-41-78)95-70-65(98-69(86)52-30-22-15-23-31-52)63(97-68(85)51-28-20-14-21-29-51)61(96-67(84)50-26-18-13-19-27-50)56(93-70)44-89-66(83)49-24-16-12-17-25-49/h12-32,54-65,70-71H,33-44H2,1-11H3/t54-,55+,56+,57-,58+,59-,60+,61-,62-,63-,64+,65+,70-,71-,75-,76+,77+,78-/m0/s1. The lowest BCUT2D eigenvalue weighted by atomic mass is 9.33. The molecule has 0 spiro atoms. The van der Waals surface area contributed by atoms with Crippen molar-refractivity contribution >= 4 is 53.7 Å². The Morgan fingerprint density at radius 2 is 0.879 bits per heavy atom. The average molecular weight is 1370 g/mol. The topological polar surface area (TPSA) is 264 Å². The molecule has 4 aromatic carbocycles. The zero-order chi connectivity index (χ0) is 71.0. The minimum absolute atomic E-state index is 0.0380. The Morgan fingerprint density at radius 1 is 0.434 bits per heavy atom. The molecule has 2 saturated heterocycles. The van der Waals surface area contributed by atoms with Crippen molar-refractivity contribution in [3.8, 4) is 0 Å². The summed E-state index contributed by atoms with van der Waals surface area (Å²) in [5, 5.41) is 0. The van der Waals surface area contributed by atoms with Gasteiger partial charge in [-0.15, -0.1) is 0 Å². The number of ether oxygens (including phenoxy) is 12. The van der Waals surface area contributed by atoms with Crippen LogP contribution >= 0.6 is 0 Å². The van der Waals surface area contributed by atoms with E-state index < -0.39 is 151 Å². The zero-order valence-electron chi connectivity index (χ0n) is 58.3. The first-order valence-corrected chi connectivity index (χ1v) is 34.5. The Balaban J connectivity index is 0.911. The van der Waals surface area contributed by atoms with Gasteiger partial charge in [0.05, 0.1) is 33.8 Å². The van der Waals surface area contributed by atoms with Gasteiger partial charge in [-0.3, -0.25) is 24.0 Å². The lowest BCUT2D eigenvalue weighted by molar-refractivity contribution is -0.327. The predicted molar refractivity (Wildman–Crippen MR) is 354 cm³/mol. The molecular weight excluding hydrogens is 1270 g/mol. The molecule has 7 aliphatic rings. The van der Waals surface area contributed by atoms with Crippen LogP contribution in [0.3, 0.4) is 0 Å². The smallest absolute Gasteiger partial charge is 0.338 e. The molecule has 0 amide bonds. The van der Waals surface area contributed by atoms with Crippen LogP contribution < -0.4 is 0 Å². The highest BCUT2D eigenvalue weighted by atomic mass is 16.8. The first kappa shape index (κ1) is 72.0. The van der Waals surface area contributed by atoms with Gasteiger partial charge in [0.25, 0.3) is 0 Å². The molecule has 0 aromatic heterocycles. The van der Waals surface area contributed by atoms with Crippen LogP contribution in [0.5, 0.6) is 0 Å². The molecule has 0 N–H and O–H groups in total. The maximum atomic E-state index is 15.7. The Bertz CT molecular complexity index is 3690. The molecule has 4 saturated carbocycles. The van der Waals surface area contributed by atoms with E-state index in [1.807, 2.05) is 0 Å². The third kappa shape index (κ3) is 14.4. The number of esters is 9. The van der Waals surface area contributed by atoms with Crippen LogP contribution in [0, 0.1) is 50.2 Å². The summed E-state index contributed by atoms with van der Waals surface area (Å²) in [6.07, 6.45) is -6.83. The van der Waals surface area contributed by atoms with Gasteiger partial charge >= 0.3 is 53.7 Å². The second-order valence-corrected chi connectivity index (χ2v) is 30.0. The fourth-order valence-electron chi connectivity index (χ4n) is 18.1. The summed E-state index contributed by atoms with van der Waals surface area (Å²) < 4.78 is 74.9. The number of hydrogen-bond donors (Lipinski definition) is 0. The van der Waals surface area contributed by atoms with Crippen LogP contribution in [0.25, 0.3) is 0 Å². The molecule has 4 aromatic rings. The van der Waals surface area contributed by atoms with Gasteiger partial charge in [0.1, 0.15) is 25.4 Å². The van der Waals surface area contributed by atoms with Crippen molar-refractivity contribution in [1.82, 2.24) is 0 Å². The van der Waals surface area contributed by atoms with E-state index in [4.69, 9.17) is 56.8 Å². The second kappa shape index (κ2) is 28.8. The van der Waals surface area contributed by atoms with E-state index in [1.54, 1.807) is 121 Å². The van der Waals surface area contributed by atoms with E-state index in [0.717, 1.165) is 33.6 Å². The van der Waals surface area contributed by atoms with Crippen molar-refractivity contribution < 1.29 is 100.0 Å². The van der Waals surface area contributed by atoms with Gasteiger partial charge in [-0.1, -0.05) is 133 Å². The molecule has 21 nitrogen and oxygen atoms in total. The lowest BCUT2D eigenvalue weighted by Gasteiger charge is -2.71. The summed E-state index contributed by atoms with van der Waals surface area (Å²) >= 11 is 0. The van der Waals surface area contributed by atoms with Crippen molar-refractivity contribution in [3.05, 3.63) is 155 Å². The van der Waals surface area contributed by atoms with Crippen molar-refractivity contribution in [2.24, 2.45) is 50.2 Å². The maximum Gasteiger partial charge on any atom is 0.338 e. The number of carbonyl (C=O) groups excluding carboxylic acids is 9. The minimum atomic E-state index is -1.68. The van der Waals surface area contributed by atoms with Gasteiger partial charge in [0, 0.05) is 27.7 Å². The third-order valence-corrected chi connectivity index (χ3v) is 23.2. The van der Waals surface area contributed by atoms with E-state index >= 15 is 4.79 Å². The number of hydrogen-bond acceptors (Lipinski definition) is 21. The fraction of sp³-hybridized carbons (Fsp3) is 0.551. The summed E-state index contributed by atoms with van der Waals surface area (Å²) in [6.45, 7) is 19.7. The van der Waals surface area contributed by atoms with E-state index in [2.05, 4.69) is 54.5 Å². The molecule has 0 unspecified atom stereocenters. The highest BCUT2D eigenvalue weighted by molar-refractivity contribution is 5.92. The molecule has 2 heterocycles. The highest BCUT2D eigenvalue weighted by Crippen LogP contribution is 2.76. The van der Waals surface area contributed by atoms with E-state index in [1.165, 1.54) is 12.5 Å². The van der Waals surface area contributed by atoms with Crippen LogP contribution in [-0.4, -0.2) is 134 Å². The molecule has 530 valence electrons. The number of allylic oxidation sites excluding steroid dienone is 2. The summed E-state index contributed by atoms with van der Waals surface area (Å²) in [4.78, 5) is 123. The maximum absolute atomic E-state index is 15.7. The molecule has 6 fully saturated rings. The van der Waals surface area contributed by atoms with Crippen molar-refractivity contribution in [3.63, 3.8) is 0 Å². The fourth-order valence-corrected chi connectivity index (χ4v) is 18.1. The van der Waals surface area contributed by atoms with Gasteiger partial charge in [-0.2, -0.15) is 0 Å². The SMILES string of the molecule is CC(=O)OC[C@H]1O[C@@H](OC(=O)[C@]23CCC(C)(C)C[C@H]2C2=CC[C@@H]4[C@@]5(C)CC[C@H](O[C@@H]6O[C@H](COC(=O)c7ccccc7)[C@H](OC(=O)c7ccccc7)[C@H](OC(=O)c7ccccc7)[C@H]6OC(=O)c6ccccc6)C(C)(C)[C@@H]5CC[C@@]4(C)[C@]2(C)CC3)[C@H](OC(C)=O)[C@@H](OC(C)=O)[C@@H]1OC(C)=O. The molecule has 11 rings (SSSR count). The summed E-state index contributed by atoms with van der Waals surface area (Å²) in [6, 6.07) is 33.1. The highest BCUT2D eigenvalue weighted by Gasteiger charge is 2.71. The number of carbonyl (C=O) groups is 9. The van der Waals surface area contributed by atoms with Crippen LogP contribution in [0.2, 0.25) is 0 Å². The van der Waals surface area contributed by atoms with Crippen LogP contribution in [0.4, 0.5) is 0 Å². The minimum Gasteiger partial charge on any atom is -0.463 e. The van der Waals surface area contributed by atoms with E-state index in [0.29, 0.717) is 51.4 Å². The Labute approximate surface area is 577 Å². The molecule has 99 heavy (non-hydrogen) atoms. The van der Waals surface area contributed by atoms with Gasteiger partial charge in [0.2, 0.25) is 12.4 Å². The molecule has 0 bridgehead atoms. The van der Waals surface area contributed by atoms with Crippen molar-refractivity contribution in [2.75, 3.05) is 13.2 Å². The quantitative estimate of drug-likeness (QED) is 0.0388. The summed E-state index contributed by atoms with van der Waals surface area (Å²) in [5.41, 5.74) is -0.902. The number of rotatable bonds is 18. The van der Waals surface area contributed by atoms with E-state index in [-0.39, 0.29) is 56.3 Å². The molecule has 21 heteroatoms. The first-order chi connectivity index (χ1) is 47.0. The Morgan fingerprint density at radius 3 is 1.41 bits per heavy atom. The third-order valence-electron chi connectivity index (χ3n) is 23.2. The van der Waals surface area contributed by atoms with Gasteiger partial charge in [-0.25, -0.2) is 19.2 Å². The van der Waals surface area contributed by atoms with Gasteiger partial charge < -0.3 is 56.8 Å². The number of benzene rings is 4. The lowest BCUT2D eigenvalue weighted by Crippen LogP contribution is -2.67. The van der Waals surface area contributed by atoms with Gasteiger partial charge in [-0.05, 0) is 158 Å². The van der Waals surface area contributed by atoms with Crippen molar-refractivity contribution in [1.29, 1.82) is 0 Å². The molecule has 5 aliphatic carbocycles. The zero-order valence-corrected chi connectivity index (χ0v) is 58.3. The first-order valence-electron chi connectivity index (χ1n) is 34.5. The van der Waals surface area contributed by atoms with Crippen LogP contribution in [0.15, 0.2) is 133 Å². The van der Waals surface area contributed by atoms with Crippen molar-refractivity contribution in [2.45, 2.75) is 208 Å². The average Bonchev–Trinajstić information content (AvgIpc) is 0.678. The summed E-state index contributed by atoms with van der Waals surface area (Å²) in [5.74, 6) is -6.89. The normalized spacial score (nSPS) is 34.0. The van der Waals surface area contributed by atoms with Crippen LogP contribution in [-0.2, 0) is 80.8 Å². The van der Waals surface area contributed by atoms with Gasteiger partial charge in [0.15, 0.2) is 36.8 Å². The number of fused-ring (bicyclic) bond motifs is 7. The molecular formula is C78H92O21. The monoisotopic (exact) mass is 1360 g/mol. The molecule has 18 atom stereocenters. The predicted octanol–water partition coefficient (Wildman–Crippen LogP) is 12.1. The van der Waals surface area contributed by atoms with Crippen LogP contribution in [0.1, 0.15) is 182 Å².